The summed E-state index contributed by atoms with van der Waals surface area (Å²) in [5, 5.41) is 12.0. The van der Waals surface area contributed by atoms with Gasteiger partial charge in [-0.3, -0.25) is 15.5 Å². The first-order valence-corrected chi connectivity index (χ1v) is 10.8. The number of hydrogen-bond acceptors (Lipinski definition) is 6. The van der Waals surface area contributed by atoms with E-state index in [1.54, 1.807) is 11.6 Å². The minimum atomic E-state index is -0.469. The first kappa shape index (κ1) is 22.4. The molecule has 11 heteroatoms. The lowest BCUT2D eigenvalue weighted by Crippen LogP contribution is -2.38. The number of ether oxygens (including phenoxy) is 1. The molecule has 2 aromatic carbocycles. The maximum atomic E-state index is 12.5. The van der Waals surface area contributed by atoms with Crippen molar-refractivity contribution in [3.05, 3.63) is 69.5 Å². The van der Waals surface area contributed by atoms with Crippen molar-refractivity contribution in [2.24, 2.45) is 0 Å². The van der Waals surface area contributed by atoms with E-state index < -0.39 is 5.91 Å². The van der Waals surface area contributed by atoms with Gasteiger partial charge < -0.3 is 4.74 Å². The Balaban J connectivity index is 1.66. The van der Waals surface area contributed by atoms with Gasteiger partial charge in [-0.1, -0.05) is 65.3 Å². The van der Waals surface area contributed by atoms with Crippen LogP contribution in [-0.4, -0.2) is 33.0 Å². The molecule has 156 valence electrons. The second-order valence-corrected chi connectivity index (χ2v) is 8.17. The van der Waals surface area contributed by atoms with Crippen LogP contribution in [0.1, 0.15) is 21.7 Å². The lowest BCUT2D eigenvalue weighted by atomic mass is 10.2. The highest BCUT2D eigenvalue weighted by Gasteiger charge is 2.16. The highest BCUT2D eigenvalue weighted by molar-refractivity contribution is 7.98. The van der Waals surface area contributed by atoms with Crippen LogP contribution < -0.4 is 15.5 Å². The van der Waals surface area contributed by atoms with Gasteiger partial charge in [-0.15, -0.1) is 10.2 Å². The molecule has 0 fully saturated rings. The van der Waals surface area contributed by atoms with E-state index in [0.29, 0.717) is 22.5 Å². The molecule has 0 aliphatic carbocycles. The smallest absolute Gasteiger partial charge is 0.257 e. The Labute approximate surface area is 193 Å². The number of aryl methyl sites for hydroxylation is 1. The molecule has 0 atom stereocenters. The zero-order chi connectivity index (χ0) is 21.7. The van der Waals surface area contributed by atoms with E-state index in [1.807, 2.05) is 30.3 Å². The van der Waals surface area contributed by atoms with Gasteiger partial charge in [-0.2, -0.15) is 0 Å². The molecule has 0 radical (unpaired) electrons. The molecule has 0 aliphatic heterocycles. The lowest BCUT2D eigenvalue weighted by molar-refractivity contribution is 0.0977. The molecule has 2 N–H and O–H groups in total. The fourth-order valence-corrected chi connectivity index (χ4v) is 4.20. The minimum Gasteiger partial charge on any atom is -0.494 e. The topological polar surface area (TPSA) is 81.1 Å². The third kappa shape index (κ3) is 5.42. The molecule has 30 heavy (non-hydrogen) atoms. The van der Waals surface area contributed by atoms with E-state index in [2.05, 4.69) is 20.9 Å². The number of nitrogens with one attached hydrogen (secondary N) is 2. The normalized spacial score (nSPS) is 10.5. The van der Waals surface area contributed by atoms with Gasteiger partial charge in [-0.05, 0) is 36.8 Å². The Morgan fingerprint density at radius 3 is 2.50 bits per heavy atom. The van der Waals surface area contributed by atoms with Gasteiger partial charge in [0.05, 0.1) is 17.2 Å². The highest BCUT2D eigenvalue weighted by atomic mass is 35.5. The van der Waals surface area contributed by atoms with Crippen molar-refractivity contribution in [2.45, 2.75) is 17.8 Å². The summed E-state index contributed by atoms with van der Waals surface area (Å²) in [4.78, 5) is 12.5. The molecular weight excluding hydrogens is 465 g/mol. The molecule has 0 saturated carbocycles. The molecule has 0 saturated heterocycles. The average molecular weight is 482 g/mol. The molecule has 1 heterocycles. The van der Waals surface area contributed by atoms with E-state index in [-0.39, 0.29) is 20.7 Å². The summed E-state index contributed by atoms with van der Waals surface area (Å²) in [6.45, 7) is 1.78. The fourth-order valence-electron chi connectivity index (χ4n) is 2.48. The van der Waals surface area contributed by atoms with Crippen molar-refractivity contribution in [3.63, 3.8) is 0 Å². The van der Waals surface area contributed by atoms with Crippen molar-refractivity contribution >= 4 is 58.2 Å². The van der Waals surface area contributed by atoms with Crippen molar-refractivity contribution in [2.75, 3.05) is 12.5 Å². The Morgan fingerprint density at radius 1 is 1.20 bits per heavy atom. The molecule has 0 unspecified atom stereocenters. The first-order valence-electron chi connectivity index (χ1n) is 8.63. The van der Waals surface area contributed by atoms with Crippen LogP contribution in [0, 0.1) is 6.92 Å². The number of nitrogens with zero attached hydrogens (tertiary/aromatic N) is 3. The number of thioether (sulfide) groups is 1. The van der Waals surface area contributed by atoms with Gasteiger partial charge in [0.25, 0.3) is 5.91 Å². The Morgan fingerprint density at radius 2 is 1.87 bits per heavy atom. The Kier molecular flexibility index (Phi) is 7.54. The number of thiocarbonyl (C=S) groups is 1. The van der Waals surface area contributed by atoms with Gasteiger partial charge in [0.1, 0.15) is 5.82 Å². The molecule has 0 bridgehead atoms. The van der Waals surface area contributed by atoms with Crippen LogP contribution >= 0.6 is 47.2 Å². The summed E-state index contributed by atoms with van der Waals surface area (Å²) in [5.74, 6) is 1.14. The quantitative estimate of drug-likeness (QED) is 0.397. The van der Waals surface area contributed by atoms with Crippen LogP contribution in [-0.2, 0) is 5.75 Å². The van der Waals surface area contributed by atoms with E-state index >= 15 is 0 Å². The SMILES string of the molecule is COc1c(Cl)cc(C(=O)NC(=S)Nn2c(C)nnc2SCc2ccccc2)cc1Cl. The Bertz CT molecular complexity index is 1050. The molecule has 0 aliphatic rings. The molecule has 1 aromatic heterocycles. The van der Waals surface area contributed by atoms with Crippen LogP contribution in [0.25, 0.3) is 0 Å². The number of carbonyl (C=O) groups excluding carboxylic acids is 1. The summed E-state index contributed by atoms with van der Waals surface area (Å²) in [6.07, 6.45) is 0. The van der Waals surface area contributed by atoms with E-state index in [9.17, 15) is 4.79 Å². The average Bonchev–Trinajstić information content (AvgIpc) is 3.06. The molecule has 1 amide bonds. The minimum absolute atomic E-state index is 0.0764. The molecule has 3 rings (SSSR count). The number of rotatable bonds is 6. The van der Waals surface area contributed by atoms with Crippen LogP contribution in [0.4, 0.5) is 0 Å². The second-order valence-electron chi connectivity index (χ2n) is 6.01. The number of benzene rings is 2. The summed E-state index contributed by atoms with van der Waals surface area (Å²) in [7, 11) is 1.45. The predicted octanol–water partition coefficient (Wildman–Crippen LogP) is 4.45. The van der Waals surface area contributed by atoms with Crippen molar-refractivity contribution in [3.8, 4) is 5.75 Å². The number of aromatic nitrogens is 3. The van der Waals surface area contributed by atoms with Crippen molar-refractivity contribution in [1.29, 1.82) is 0 Å². The number of halogens is 2. The maximum absolute atomic E-state index is 12.5. The predicted molar refractivity (Wildman–Crippen MR) is 123 cm³/mol. The standard InChI is InChI=1S/C19H17Cl2N5O2S2/c1-11-23-24-19(30-10-12-6-4-3-5-7-12)26(11)25-18(29)22-17(27)13-8-14(20)16(28-2)15(21)9-13/h3-9H,10H2,1-2H3,(H2,22,25,27,29). The van der Waals surface area contributed by atoms with Gasteiger partial charge in [0.15, 0.2) is 10.9 Å². The summed E-state index contributed by atoms with van der Waals surface area (Å²) < 4.78 is 6.70. The molecule has 0 spiro atoms. The molecule has 3 aromatic rings. The number of amides is 1. The van der Waals surface area contributed by atoms with Crippen molar-refractivity contribution in [1.82, 2.24) is 20.2 Å². The largest absolute Gasteiger partial charge is 0.494 e. The fraction of sp³-hybridized carbons (Fsp3) is 0.158. The number of carbonyl (C=O) groups is 1. The van der Waals surface area contributed by atoms with Gasteiger partial charge in [0.2, 0.25) is 5.16 Å². The van der Waals surface area contributed by atoms with Crippen molar-refractivity contribution < 1.29 is 9.53 Å². The summed E-state index contributed by atoms with van der Waals surface area (Å²) >= 11 is 19.0. The molecule has 7 nitrogen and oxygen atoms in total. The van der Waals surface area contributed by atoms with E-state index in [0.717, 1.165) is 5.56 Å². The zero-order valence-electron chi connectivity index (χ0n) is 16.0. The monoisotopic (exact) mass is 481 g/mol. The van der Waals surface area contributed by atoms with E-state index in [1.165, 1.54) is 31.0 Å². The third-order valence-corrected chi connectivity index (χ3v) is 5.67. The van der Waals surface area contributed by atoms with Gasteiger partial charge in [0, 0.05) is 11.3 Å². The molecular formula is C19H17Cl2N5O2S2. The van der Waals surface area contributed by atoms with E-state index in [4.69, 9.17) is 40.2 Å². The summed E-state index contributed by atoms with van der Waals surface area (Å²) in [5.41, 5.74) is 4.32. The highest BCUT2D eigenvalue weighted by Crippen LogP contribution is 2.33. The summed E-state index contributed by atoms with van der Waals surface area (Å²) in [6, 6.07) is 12.9. The van der Waals surface area contributed by atoms with Gasteiger partial charge >= 0.3 is 0 Å². The first-order chi connectivity index (χ1) is 14.4. The second kappa shape index (κ2) is 10.1. The number of hydrogen-bond donors (Lipinski definition) is 2. The van der Waals surface area contributed by atoms with Gasteiger partial charge in [-0.25, -0.2) is 4.68 Å². The van der Waals surface area contributed by atoms with Crippen LogP contribution in [0.2, 0.25) is 10.0 Å². The lowest BCUT2D eigenvalue weighted by Gasteiger charge is -2.14. The number of methoxy groups -OCH3 is 1. The maximum Gasteiger partial charge on any atom is 0.257 e. The van der Waals surface area contributed by atoms with Crippen LogP contribution in [0.3, 0.4) is 0 Å². The Hall–Kier alpha value is -2.33. The third-order valence-electron chi connectivity index (χ3n) is 3.91. The van der Waals surface area contributed by atoms with Crippen LogP contribution in [0.5, 0.6) is 5.75 Å². The zero-order valence-corrected chi connectivity index (χ0v) is 19.1. The van der Waals surface area contributed by atoms with Crippen LogP contribution in [0.15, 0.2) is 47.6 Å².